The van der Waals surface area contributed by atoms with Gasteiger partial charge < -0.3 is 0 Å². The second-order valence-electron chi connectivity index (χ2n) is 5.00. The molecule has 0 amide bonds. The molecule has 0 unspecified atom stereocenters. The Kier molecular flexibility index (Phi) is 11.6. The lowest BCUT2D eigenvalue weighted by Gasteiger charge is -2.15. The van der Waals surface area contributed by atoms with Crippen LogP contribution in [0, 0.1) is 23.3 Å². The maximum absolute atomic E-state index is 13.8. The van der Waals surface area contributed by atoms with Gasteiger partial charge in [-0.2, -0.15) is 0 Å². The molecule has 0 bridgehead atoms. The summed E-state index contributed by atoms with van der Waals surface area (Å²) in [5.41, 5.74) is -1.32. The highest BCUT2D eigenvalue weighted by molar-refractivity contribution is 9.11. The molecule has 2 nitrogen and oxygen atoms in total. The van der Waals surface area contributed by atoms with Gasteiger partial charge in [0.15, 0.2) is 12.6 Å². The lowest BCUT2D eigenvalue weighted by atomic mass is 10.1. The Morgan fingerprint density at radius 1 is 0.567 bits per heavy atom. The first-order valence-corrected chi connectivity index (χ1v) is 11.9. The van der Waals surface area contributed by atoms with E-state index in [0.717, 1.165) is 0 Å². The van der Waals surface area contributed by atoms with Gasteiger partial charge in [0, 0.05) is 11.1 Å². The number of rotatable bonds is 4. The Bertz CT molecular complexity index is 870. The predicted octanol–water partition coefficient (Wildman–Crippen LogP) is 9.56. The third-order valence-corrected chi connectivity index (χ3v) is 7.31. The van der Waals surface area contributed by atoms with Crippen molar-refractivity contribution in [2.24, 2.45) is 0 Å². The van der Waals surface area contributed by atoms with Gasteiger partial charge in [-0.15, -0.1) is 0 Å². The monoisotopic (exact) mass is 760 g/mol. The minimum Gasteiger partial charge on any atom is -0.298 e. The first-order chi connectivity index (χ1) is 13.8. The zero-order valence-electron chi connectivity index (χ0n) is 13.7. The SMILES string of the molecule is Fc1c(Br)c(C(Cl)Cl)c(F)c(Br)c1C(Cl)Cl.O=Cc1c(F)c(Br)c(C=O)c(F)c1Br. The molecule has 30 heavy (non-hydrogen) atoms. The summed E-state index contributed by atoms with van der Waals surface area (Å²) in [7, 11) is 0. The van der Waals surface area contributed by atoms with E-state index in [1.54, 1.807) is 0 Å². The van der Waals surface area contributed by atoms with Crippen LogP contribution >= 0.6 is 110 Å². The van der Waals surface area contributed by atoms with Gasteiger partial charge in [-0.25, -0.2) is 17.6 Å². The minimum atomic E-state index is -1.21. The van der Waals surface area contributed by atoms with Crippen LogP contribution < -0.4 is 0 Å². The summed E-state index contributed by atoms with van der Waals surface area (Å²) in [6.45, 7) is 0. The highest BCUT2D eigenvalue weighted by Crippen LogP contribution is 2.44. The molecule has 0 saturated carbocycles. The average molecular weight is 766 g/mol. The smallest absolute Gasteiger partial charge is 0.154 e. The van der Waals surface area contributed by atoms with Crippen LogP contribution in [-0.2, 0) is 0 Å². The zero-order valence-corrected chi connectivity index (χ0v) is 23.0. The quantitative estimate of drug-likeness (QED) is 0.135. The zero-order chi connectivity index (χ0) is 23.5. The van der Waals surface area contributed by atoms with Crippen molar-refractivity contribution >= 4 is 123 Å². The number of carbonyl (C=O) groups excluding carboxylic acids is 2. The average Bonchev–Trinajstić information content (AvgIpc) is 2.66. The predicted molar refractivity (Wildman–Crippen MR) is 123 cm³/mol. The molecular weight excluding hydrogens is 762 g/mol. The summed E-state index contributed by atoms with van der Waals surface area (Å²) in [5, 5.41) is 0. The number of hydrogen-bond donors (Lipinski definition) is 0. The van der Waals surface area contributed by atoms with E-state index in [4.69, 9.17) is 46.4 Å². The number of benzene rings is 2. The van der Waals surface area contributed by atoms with Gasteiger partial charge in [-0.1, -0.05) is 46.4 Å². The number of alkyl halides is 4. The molecule has 2 aromatic rings. The Morgan fingerprint density at radius 2 is 0.833 bits per heavy atom. The van der Waals surface area contributed by atoms with Gasteiger partial charge in [0.05, 0.1) is 29.0 Å². The summed E-state index contributed by atoms with van der Waals surface area (Å²) in [4.78, 5) is 18.4. The minimum absolute atomic E-state index is 0.168. The van der Waals surface area contributed by atoms with Crippen molar-refractivity contribution < 1.29 is 27.2 Å². The van der Waals surface area contributed by atoms with Crippen molar-refractivity contribution in [3.05, 3.63) is 63.4 Å². The van der Waals surface area contributed by atoms with Gasteiger partial charge >= 0.3 is 0 Å². The van der Waals surface area contributed by atoms with Crippen LogP contribution in [-0.4, -0.2) is 12.6 Å². The Labute approximate surface area is 221 Å². The fraction of sp³-hybridized carbons (Fsp3) is 0.125. The molecule has 0 atom stereocenters. The van der Waals surface area contributed by atoms with Crippen molar-refractivity contribution in [3.8, 4) is 0 Å². The molecule has 0 spiro atoms. The molecule has 2 rings (SSSR count). The van der Waals surface area contributed by atoms with Gasteiger partial charge in [0.2, 0.25) is 0 Å². The first-order valence-electron chi connectivity index (χ1n) is 7.01. The van der Waals surface area contributed by atoms with E-state index in [9.17, 15) is 27.2 Å². The summed E-state index contributed by atoms with van der Waals surface area (Å²) in [6.07, 6.45) is 0.337. The van der Waals surface area contributed by atoms with E-state index < -0.39 is 44.1 Å². The van der Waals surface area contributed by atoms with E-state index in [2.05, 4.69) is 63.7 Å². The Morgan fingerprint density at radius 3 is 1.03 bits per heavy atom. The summed E-state index contributed by atoms with van der Waals surface area (Å²) in [5.74, 6) is -3.53. The third-order valence-electron chi connectivity index (χ3n) is 3.33. The van der Waals surface area contributed by atoms with E-state index in [1.165, 1.54) is 0 Å². The molecule has 0 fully saturated rings. The molecule has 0 heterocycles. The van der Waals surface area contributed by atoms with Crippen molar-refractivity contribution in [1.29, 1.82) is 0 Å². The summed E-state index contributed by atoms with van der Waals surface area (Å²) < 4.78 is 53.0. The molecule has 0 saturated heterocycles. The topological polar surface area (TPSA) is 34.1 Å². The second-order valence-corrected chi connectivity index (χ2v) is 10.4. The Hall–Kier alpha value is 0.580. The van der Waals surface area contributed by atoms with Crippen LogP contribution in [0.5, 0.6) is 0 Å². The summed E-state index contributed by atoms with van der Waals surface area (Å²) in [6, 6.07) is 0. The normalized spacial score (nSPS) is 10.9. The number of hydrogen-bond acceptors (Lipinski definition) is 2. The lowest BCUT2D eigenvalue weighted by Crippen LogP contribution is -2.02. The van der Waals surface area contributed by atoms with Crippen molar-refractivity contribution in [3.63, 3.8) is 0 Å². The fourth-order valence-electron chi connectivity index (χ4n) is 1.92. The van der Waals surface area contributed by atoms with Gasteiger partial charge in [0.1, 0.15) is 32.9 Å². The Balaban J connectivity index is 0.000000303. The largest absolute Gasteiger partial charge is 0.298 e. The number of halogens is 12. The maximum atomic E-state index is 13.8. The van der Waals surface area contributed by atoms with Crippen LogP contribution in [0.25, 0.3) is 0 Å². The maximum Gasteiger partial charge on any atom is 0.154 e. The highest BCUT2D eigenvalue weighted by Gasteiger charge is 2.28. The second kappa shape index (κ2) is 12.2. The van der Waals surface area contributed by atoms with Crippen LogP contribution in [0.4, 0.5) is 17.6 Å². The molecule has 0 radical (unpaired) electrons. The van der Waals surface area contributed by atoms with Crippen molar-refractivity contribution in [2.45, 2.75) is 9.67 Å². The van der Waals surface area contributed by atoms with Gasteiger partial charge in [-0.05, 0) is 63.7 Å². The molecule has 0 aliphatic carbocycles. The van der Waals surface area contributed by atoms with Crippen molar-refractivity contribution in [1.82, 2.24) is 0 Å². The van der Waals surface area contributed by atoms with E-state index in [-0.39, 0.29) is 41.6 Å². The van der Waals surface area contributed by atoms with Crippen LogP contribution in [0.2, 0.25) is 0 Å². The molecule has 0 aliphatic heterocycles. The van der Waals surface area contributed by atoms with Crippen LogP contribution in [0.15, 0.2) is 17.9 Å². The summed E-state index contributed by atoms with van der Waals surface area (Å²) >= 11 is 33.2. The first kappa shape index (κ1) is 28.6. The molecule has 2 aromatic carbocycles. The van der Waals surface area contributed by atoms with Crippen molar-refractivity contribution in [2.75, 3.05) is 0 Å². The van der Waals surface area contributed by atoms with E-state index in [1.807, 2.05) is 0 Å². The molecule has 0 aromatic heterocycles. The number of aldehydes is 2. The van der Waals surface area contributed by atoms with Gasteiger partial charge in [0.25, 0.3) is 0 Å². The molecular formula is C16H4Br4Cl4F4O2. The fourth-order valence-corrected chi connectivity index (χ4v) is 5.46. The third kappa shape index (κ3) is 5.92. The highest BCUT2D eigenvalue weighted by atomic mass is 79.9. The van der Waals surface area contributed by atoms with E-state index in [0.29, 0.717) is 0 Å². The molecule has 0 aliphatic rings. The van der Waals surface area contributed by atoms with E-state index >= 15 is 0 Å². The molecule has 164 valence electrons. The van der Waals surface area contributed by atoms with Crippen LogP contribution in [0.3, 0.4) is 0 Å². The lowest BCUT2D eigenvalue weighted by molar-refractivity contribution is 0.110. The van der Waals surface area contributed by atoms with Gasteiger partial charge in [-0.3, -0.25) is 9.59 Å². The molecule has 0 N–H and O–H groups in total. The standard InChI is InChI=1S/C8H2Br2Cl4F2.C8H2Br2F2O2/c9-3-1(7(11)12)5(15)4(10)2(6(3)16)8(13)14;9-5-3(1-13)7(11)6(10)4(2-14)8(5)12/h7-8H;1-2H. The van der Waals surface area contributed by atoms with Crippen LogP contribution in [0.1, 0.15) is 41.5 Å². The molecule has 14 heteroatoms. The number of carbonyl (C=O) groups is 2.